The van der Waals surface area contributed by atoms with Crippen LogP contribution in [-0.4, -0.2) is 10.8 Å². The summed E-state index contributed by atoms with van der Waals surface area (Å²) in [4.78, 5) is 6.82. The van der Waals surface area contributed by atoms with Gasteiger partial charge in [0.25, 0.3) is 0 Å². The molecule has 0 aliphatic heterocycles. The lowest BCUT2D eigenvalue weighted by molar-refractivity contribution is 0.668. The van der Waals surface area contributed by atoms with Crippen molar-refractivity contribution in [2.24, 2.45) is 0 Å². The van der Waals surface area contributed by atoms with Crippen molar-refractivity contribution in [2.45, 2.75) is 60.3 Å². The van der Waals surface area contributed by atoms with E-state index in [4.69, 9.17) is 4.42 Å². The first-order valence-electron chi connectivity index (χ1n) is 17.2. The third kappa shape index (κ3) is 6.04. The van der Waals surface area contributed by atoms with Crippen LogP contribution < -0.4 is 4.90 Å². The van der Waals surface area contributed by atoms with E-state index < -0.39 is 0 Å². The molecule has 0 radical (unpaired) electrons. The molecule has 0 aliphatic rings. The van der Waals surface area contributed by atoms with E-state index in [1.54, 1.807) is 0 Å². The van der Waals surface area contributed by atoms with Crippen LogP contribution in [0.3, 0.4) is 0 Å². The zero-order valence-electron chi connectivity index (χ0n) is 29.4. The monoisotopic (exact) mass is 641 g/mol. The number of nitrogens with zero attached hydrogens (tertiary/aromatic N) is 2. The van der Waals surface area contributed by atoms with E-state index in [-0.39, 0.29) is 11.8 Å². The molecule has 244 valence electrons. The van der Waals surface area contributed by atoms with E-state index in [1.807, 2.05) is 32.0 Å². The van der Waals surface area contributed by atoms with Gasteiger partial charge < -0.3 is 4.42 Å². The molecular weight excluding hydrogens is 599 g/mol. The number of benzene rings is 5. The number of para-hydroxylation sites is 1. The molecule has 0 saturated carbocycles. The van der Waals surface area contributed by atoms with E-state index in [1.165, 1.54) is 27.8 Å². The number of fused-ring (bicyclic) bond motifs is 3. The second-order valence-electron chi connectivity index (χ2n) is 13.8. The number of aromatic nitrogens is 1. The summed E-state index contributed by atoms with van der Waals surface area (Å²) in [5.74, 6) is 0.891. The Morgan fingerprint density at radius 3 is 1.80 bits per heavy atom. The highest BCUT2D eigenvalue weighted by molar-refractivity contribution is 6.21. The summed E-state index contributed by atoms with van der Waals surface area (Å²) in [6, 6.07) is 40.5. The van der Waals surface area contributed by atoms with Crippen molar-refractivity contribution >= 4 is 39.1 Å². The van der Waals surface area contributed by atoms with Crippen molar-refractivity contribution in [3.63, 3.8) is 0 Å². The van der Waals surface area contributed by atoms with Gasteiger partial charge in [-0.2, -0.15) is 0 Å². The van der Waals surface area contributed by atoms with Crippen molar-refractivity contribution in [1.82, 2.24) is 4.98 Å². The first-order chi connectivity index (χ1) is 23.6. The van der Waals surface area contributed by atoms with E-state index in [9.17, 15) is 5.41 Å². The molecule has 1 N–H and O–H groups in total. The first-order valence-corrected chi connectivity index (χ1v) is 17.2. The largest absolute Gasteiger partial charge is 0.455 e. The summed E-state index contributed by atoms with van der Waals surface area (Å²) in [7, 11) is 0. The Bertz CT molecular complexity index is 2280. The lowest BCUT2D eigenvalue weighted by atomic mass is 9.89. The molecule has 4 heteroatoms. The van der Waals surface area contributed by atoms with Crippen LogP contribution >= 0.6 is 0 Å². The molecule has 5 aromatic carbocycles. The van der Waals surface area contributed by atoms with E-state index in [0.29, 0.717) is 5.84 Å². The molecule has 0 bridgehead atoms. The number of amidine groups is 1. The number of nitrogens with one attached hydrogen (secondary N) is 1. The van der Waals surface area contributed by atoms with Gasteiger partial charge in [-0.3, -0.25) is 15.3 Å². The van der Waals surface area contributed by atoms with Gasteiger partial charge in [-0.05, 0) is 96.3 Å². The molecule has 0 fully saturated rings. The second-order valence-corrected chi connectivity index (χ2v) is 13.8. The van der Waals surface area contributed by atoms with Crippen LogP contribution in [0.15, 0.2) is 120 Å². The van der Waals surface area contributed by atoms with Gasteiger partial charge in [-0.25, -0.2) is 0 Å². The number of anilines is 2. The molecule has 0 saturated heterocycles. The van der Waals surface area contributed by atoms with Gasteiger partial charge in [0.1, 0.15) is 17.0 Å². The van der Waals surface area contributed by atoms with Crippen molar-refractivity contribution < 1.29 is 4.42 Å². The standard InChI is InChI=1S/C45H43N3O/c1-27(2)40-22-29(5)23-41(28(3)4)43(40)48(36-24-30(6)47-31(7)25-36)45(46)39-15-11-14-38-37-21-20-35(26-42(37)49-44(38)39)34-18-16-33(17-19-34)32-12-9-8-10-13-32/h8-28,46H,1-7H3. The molecule has 4 nitrogen and oxygen atoms in total. The van der Waals surface area contributed by atoms with Crippen LogP contribution in [0, 0.1) is 26.2 Å². The molecule has 49 heavy (non-hydrogen) atoms. The van der Waals surface area contributed by atoms with Gasteiger partial charge in [0.2, 0.25) is 0 Å². The summed E-state index contributed by atoms with van der Waals surface area (Å²) in [5.41, 5.74) is 14.4. The summed E-state index contributed by atoms with van der Waals surface area (Å²) in [6.45, 7) is 15.2. The predicted octanol–water partition coefficient (Wildman–Crippen LogP) is 12.7. The number of furan rings is 1. The Labute approximate surface area is 289 Å². The highest BCUT2D eigenvalue weighted by Gasteiger charge is 2.28. The minimum absolute atomic E-state index is 0.258. The topological polar surface area (TPSA) is 53.1 Å². The van der Waals surface area contributed by atoms with Crippen molar-refractivity contribution in [2.75, 3.05) is 4.90 Å². The van der Waals surface area contributed by atoms with Crippen LogP contribution in [-0.2, 0) is 0 Å². The number of aryl methyl sites for hydroxylation is 3. The maximum absolute atomic E-state index is 10.0. The fraction of sp³-hybridized carbons (Fsp3) is 0.200. The van der Waals surface area contributed by atoms with Gasteiger partial charge in [0, 0.05) is 22.2 Å². The highest BCUT2D eigenvalue weighted by Crippen LogP contribution is 2.43. The average Bonchev–Trinajstić information content (AvgIpc) is 3.47. The lowest BCUT2D eigenvalue weighted by Gasteiger charge is -2.33. The summed E-state index contributed by atoms with van der Waals surface area (Å²) < 4.78 is 6.72. The van der Waals surface area contributed by atoms with E-state index in [2.05, 4.69) is 142 Å². The average molecular weight is 642 g/mol. The van der Waals surface area contributed by atoms with Crippen LogP contribution in [0.2, 0.25) is 0 Å². The Balaban J connectivity index is 1.38. The summed E-state index contributed by atoms with van der Waals surface area (Å²) in [6.07, 6.45) is 0. The quantitative estimate of drug-likeness (QED) is 0.139. The fourth-order valence-corrected chi connectivity index (χ4v) is 7.06. The van der Waals surface area contributed by atoms with Gasteiger partial charge in [-0.15, -0.1) is 0 Å². The molecule has 0 spiro atoms. The fourth-order valence-electron chi connectivity index (χ4n) is 7.06. The minimum atomic E-state index is 0.258. The molecule has 0 aliphatic carbocycles. The third-order valence-electron chi connectivity index (χ3n) is 9.41. The molecule has 2 heterocycles. The van der Waals surface area contributed by atoms with Gasteiger partial charge >= 0.3 is 0 Å². The first kappa shape index (κ1) is 32.1. The number of pyridine rings is 1. The van der Waals surface area contributed by atoms with Crippen molar-refractivity contribution in [1.29, 1.82) is 5.41 Å². The Kier molecular flexibility index (Phi) is 8.42. The normalized spacial score (nSPS) is 11.6. The molecule has 0 atom stereocenters. The van der Waals surface area contributed by atoms with Gasteiger partial charge in [-0.1, -0.05) is 118 Å². The molecule has 0 unspecified atom stereocenters. The van der Waals surface area contributed by atoms with Gasteiger partial charge in [0.05, 0.1) is 16.9 Å². The van der Waals surface area contributed by atoms with E-state index >= 15 is 0 Å². The molecule has 7 aromatic rings. The SMILES string of the molecule is Cc1cc(C(C)C)c(N(C(=N)c2cccc3c2oc2cc(-c4ccc(-c5ccccc5)cc4)ccc23)c2cc(C)nc(C)c2)c(C(C)C)c1. The molecule has 0 amide bonds. The Morgan fingerprint density at radius 1 is 0.612 bits per heavy atom. The molecule has 2 aromatic heterocycles. The lowest BCUT2D eigenvalue weighted by Crippen LogP contribution is -2.29. The molecular formula is C45H43N3O. The van der Waals surface area contributed by atoms with Gasteiger partial charge in [0.15, 0.2) is 0 Å². The van der Waals surface area contributed by atoms with Crippen molar-refractivity contribution in [3.05, 3.63) is 149 Å². The van der Waals surface area contributed by atoms with Crippen LogP contribution in [0.25, 0.3) is 44.2 Å². The second kappa shape index (κ2) is 12.9. The number of hydrogen-bond acceptors (Lipinski definition) is 3. The van der Waals surface area contributed by atoms with Crippen LogP contribution in [0.1, 0.15) is 73.2 Å². The number of rotatable bonds is 7. The zero-order valence-corrected chi connectivity index (χ0v) is 29.4. The van der Waals surface area contributed by atoms with Crippen molar-refractivity contribution in [3.8, 4) is 22.3 Å². The Hall–Kier alpha value is -5.48. The summed E-state index contributed by atoms with van der Waals surface area (Å²) in [5, 5.41) is 12.0. The van der Waals surface area contributed by atoms with Crippen LogP contribution in [0.5, 0.6) is 0 Å². The smallest absolute Gasteiger partial charge is 0.146 e. The van der Waals surface area contributed by atoms with E-state index in [0.717, 1.165) is 61.4 Å². The minimum Gasteiger partial charge on any atom is -0.455 e. The highest BCUT2D eigenvalue weighted by atomic mass is 16.3. The maximum atomic E-state index is 10.0. The predicted molar refractivity (Wildman–Crippen MR) is 207 cm³/mol. The third-order valence-corrected chi connectivity index (χ3v) is 9.41. The van der Waals surface area contributed by atoms with Crippen LogP contribution in [0.4, 0.5) is 11.4 Å². The zero-order chi connectivity index (χ0) is 34.4. The Morgan fingerprint density at radius 2 is 1.18 bits per heavy atom. The number of hydrogen-bond donors (Lipinski definition) is 1. The maximum Gasteiger partial charge on any atom is 0.146 e. The summed E-state index contributed by atoms with van der Waals surface area (Å²) >= 11 is 0. The molecule has 7 rings (SSSR count).